The van der Waals surface area contributed by atoms with Gasteiger partial charge in [-0.05, 0) is 25.0 Å². The lowest BCUT2D eigenvalue weighted by Crippen LogP contribution is -2.10. The molecular formula is C10H13ClN2. The normalized spacial score (nSPS) is 12.5. The van der Waals surface area contributed by atoms with E-state index in [1.54, 1.807) is 12.4 Å². The highest BCUT2D eigenvalue weighted by Gasteiger charge is 2.06. The van der Waals surface area contributed by atoms with E-state index in [2.05, 4.69) is 11.6 Å². The van der Waals surface area contributed by atoms with Crippen molar-refractivity contribution < 1.29 is 0 Å². The van der Waals surface area contributed by atoms with Crippen LogP contribution in [0.4, 0.5) is 0 Å². The molecule has 0 aromatic carbocycles. The van der Waals surface area contributed by atoms with E-state index in [1.165, 1.54) is 0 Å². The first-order chi connectivity index (χ1) is 6.09. The van der Waals surface area contributed by atoms with Crippen LogP contribution >= 0.6 is 11.6 Å². The third-order valence-corrected chi connectivity index (χ3v) is 1.93. The molecule has 2 N–H and O–H groups in total. The Bertz CT molecular complexity index is 310. The molecule has 1 heterocycles. The van der Waals surface area contributed by atoms with Crippen LogP contribution in [0.2, 0.25) is 5.02 Å². The minimum absolute atomic E-state index is 0.0521. The lowest BCUT2D eigenvalue weighted by atomic mass is 10.0. The van der Waals surface area contributed by atoms with E-state index in [0.29, 0.717) is 5.02 Å². The third-order valence-electron chi connectivity index (χ3n) is 1.72. The number of pyridine rings is 1. The van der Waals surface area contributed by atoms with Gasteiger partial charge in [0, 0.05) is 18.4 Å². The number of hydrogen-bond acceptors (Lipinski definition) is 2. The van der Waals surface area contributed by atoms with E-state index >= 15 is 0 Å². The quantitative estimate of drug-likeness (QED) is 0.755. The fourth-order valence-corrected chi connectivity index (χ4v) is 1.31. The Balaban J connectivity index is 2.76. The predicted molar refractivity (Wildman–Crippen MR) is 55.6 cm³/mol. The molecule has 0 fully saturated rings. The zero-order valence-corrected chi connectivity index (χ0v) is 8.38. The highest BCUT2D eigenvalue weighted by molar-refractivity contribution is 6.30. The second kappa shape index (κ2) is 4.40. The van der Waals surface area contributed by atoms with Crippen molar-refractivity contribution in [1.29, 1.82) is 0 Å². The molecule has 0 aliphatic rings. The van der Waals surface area contributed by atoms with E-state index in [4.69, 9.17) is 17.3 Å². The molecule has 1 unspecified atom stereocenters. The van der Waals surface area contributed by atoms with Crippen molar-refractivity contribution in [2.45, 2.75) is 19.4 Å². The van der Waals surface area contributed by atoms with Crippen LogP contribution in [0.5, 0.6) is 0 Å². The van der Waals surface area contributed by atoms with Crippen LogP contribution in [0.15, 0.2) is 30.6 Å². The van der Waals surface area contributed by atoms with Crippen LogP contribution in [-0.4, -0.2) is 4.98 Å². The van der Waals surface area contributed by atoms with Gasteiger partial charge in [-0.2, -0.15) is 0 Å². The maximum absolute atomic E-state index is 5.91. The first-order valence-corrected chi connectivity index (χ1v) is 4.48. The summed E-state index contributed by atoms with van der Waals surface area (Å²) in [7, 11) is 0. The third kappa shape index (κ3) is 3.17. The van der Waals surface area contributed by atoms with Gasteiger partial charge < -0.3 is 5.73 Å². The number of rotatable bonds is 3. The maximum Gasteiger partial charge on any atom is 0.0592 e. The van der Waals surface area contributed by atoms with Gasteiger partial charge in [-0.15, -0.1) is 6.58 Å². The Morgan fingerprint density at radius 3 is 2.92 bits per heavy atom. The van der Waals surface area contributed by atoms with Crippen molar-refractivity contribution in [2.75, 3.05) is 0 Å². The van der Waals surface area contributed by atoms with Crippen LogP contribution in [-0.2, 0) is 0 Å². The standard InChI is InChI=1S/C10H13ClN2/c1-7(2)3-10(12)8-4-9(11)6-13-5-8/h4-6,10H,1,3,12H2,2H3. The van der Waals surface area contributed by atoms with Gasteiger partial charge in [0.05, 0.1) is 5.02 Å². The SMILES string of the molecule is C=C(C)CC(N)c1cncc(Cl)c1. The van der Waals surface area contributed by atoms with Crippen LogP contribution in [0.25, 0.3) is 0 Å². The van der Waals surface area contributed by atoms with Crippen LogP contribution < -0.4 is 5.73 Å². The molecule has 0 saturated heterocycles. The van der Waals surface area contributed by atoms with Gasteiger partial charge in [-0.25, -0.2) is 0 Å². The molecule has 0 amide bonds. The summed E-state index contributed by atoms with van der Waals surface area (Å²) in [6.45, 7) is 5.77. The largest absolute Gasteiger partial charge is 0.324 e. The molecule has 13 heavy (non-hydrogen) atoms. The topological polar surface area (TPSA) is 38.9 Å². The molecule has 0 bridgehead atoms. The molecular weight excluding hydrogens is 184 g/mol. The molecule has 1 aromatic heterocycles. The van der Waals surface area contributed by atoms with Crippen molar-refractivity contribution in [3.8, 4) is 0 Å². The average molecular weight is 197 g/mol. The van der Waals surface area contributed by atoms with Crippen molar-refractivity contribution in [1.82, 2.24) is 4.98 Å². The summed E-state index contributed by atoms with van der Waals surface area (Å²) in [6, 6.07) is 1.78. The summed E-state index contributed by atoms with van der Waals surface area (Å²) < 4.78 is 0. The Morgan fingerprint density at radius 1 is 1.69 bits per heavy atom. The fraction of sp³-hybridized carbons (Fsp3) is 0.300. The molecule has 0 radical (unpaired) electrons. The number of nitrogens with zero attached hydrogens (tertiary/aromatic N) is 1. The zero-order valence-electron chi connectivity index (χ0n) is 7.63. The highest BCUT2D eigenvalue weighted by Crippen LogP contribution is 2.19. The molecule has 70 valence electrons. The number of aromatic nitrogens is 1. The van der Waals surface area contributed by atoms with E-state index in [1.807, 2.05) is 13.0 Å². The minimum Gasteiger partial charge on any atom is -0.324 e. The van der Waals surface area contributed by atoms with E-state index in [-0.39, 0.29) is 6.04 Å². The van der Waals surface area contributed by atoms with Gasteiger partial charge in [0.1, 0.15) is 0 Å². The second-order valence-corrected chi connectivity index (χ2v) is 3.64. The van der Waals surface area contributed by atoms with Gasteiger partial charge in [0.25, 0.3) is 0 Å². The van der Waals surface area contributed by atoms with Gasteiger partial charge in [-0.1, -0.05) is 17.2 Å². The van der Waals surface area contributed by atoms with Crippen molar-refractivity contribution in [3.63, 3.8) is 0 Å². The molecule has 0 aliphatic heterocycles. The zero-order chi connectivity index (χ0) is 9.84. The second-order valence-electron chi connectivity index (χ2n) is 3.20. The van der Waals surface area contributed by atoms with E-state index < -0.39 is 0 Å². The molecule has 1 rings (SSSR count). The summed E-state index contributed by atoms with van der Waals surface area (Å²) in [4.78, 5) is 3.97. The molecule has 2 nitrogen and oxygen atoms in total. The van der Waals surface area contributed by atoms with Crippen molar-refractivity contribution >= 4 is 11.6 Å². The first-order valence-electron chi connectivity index (χ1n) is 4.10. The summed E-state index contributed by atoms with van der Waals surface area (Å²) in [5.74, 6) is 0. The van der Waals surface area contributed by atoms with Gasteiger partial charge in [0.15, 0.2) is 0 Å². The summed E-state index contributed by atoms with van der Waals surface area (Å²) in [6.07, 6.45) is 4.10. The van der Waals surface area contributed by atoms with Crippen molar-refractivity contribution in [2.24, 2.45) is 5.73 Å². The lowest BCUT2D eigenvalue weighted by molar-refractivity contribution is 0.713. The molecule has 0 saturated carbocycles. The molecule has 3 heteroatoms. The maximum atomic E-state index is 5.91. The van der Waals surface area contributed by atoms with Gasteiger partial charge in [0.2, 0.25) is 0 Å². The van der Waals surface area contributed by atoms with Crippen LogP contribution in [0.3, 0.4) is 0 Å². The molecule has 1 atom stereocenters. The van der Waals surface area contributed by atoms with E-state index in [9.17, 15) is 0 Å². The summed E-state index contributed by atoms with van der Waals surface area (Å²) >= 11 is 5.78. The number of hydrogen-bond donors (Lipinski definition) is 1. The Morgan fingerprint density at radius 2 is 2.38 bits per heavy atom. The predicted octanol–water partition coefficient (Wildman–Crippen LogP) is 2.70. The Kier molecular flexibility index (Phi) is 3.46. The molecule has 1 aromatic rings. The Labute approximate surface area is 83.4 Å². The molecule has 0 spiro atoms. The number of nitrogens with two attached hydrogens (primary N) is 1. The molecule has 0 aliphatic carbocycles. The van der Waals surface area contributed by atoms with Crippen LogP contribution in [0, 0.1) is 0 Å². The van der Waals surface area contributed by atoms with Gasteiger partial charge in [-0.3, -0.25) is 4.98 Å². The first kappa shape index (κ1) is 10.2. The Hall–Kier alpha value is -0.860. The van der Waals surface area contributed by atoms with E-state index in [0.717, 1.165) is 17.6 Å². The highest BCUT2D eigenvalue weighted by atomic mass is 35.5. The lowest BCUT2D eigenvalue weighted by Gasteiger charge is -2.11. The monoisotopic (exact) mass is 196 g/mol. The minimum atomic E-state index is -0.0521. The number of halogens is 1. The van der Waals surface area contributed by atoms with Gasteiger partial charge >= 0.3 is 0 Å². The average Bonchev–Trinajstić information content (AvgIpc) is 2.03. The van der Waals surface area contributed by atoms with Crippen molar-refractivity contribution in [3.05, 3.63) is 41.2 Å². The fourth-order valence-electron chi connectivity index (χ4n) is 1.12. The summed E-state index contributed by atoms with van der Waals surface area (Å²) in [5, 5.41) is 0.620. The smallest absolute Gasteiger partial charge is 0.0592 e. The summed E-state index contributed by atoms with van der Waals surface area (Å²) in [5.41, 5.74) is 7.92. The van der Waals surface area contributed by atoms with Crippen LogP contribution in [0.1, 0.15) is 24.9 Å².